The van der Waals surface area contributed by atoms with Crippen LogP contribution in [0.3, 0.4) is 0 Å². The van der Waals surface area contributed by atoms with Crippen molar-refractivity contribution in [2.45, 2.75) is 46.0 Å². The van der Waals surface area contributed by atoms with Crippen molar-refractivity contribution in [1.29, 1.82) is 0 Å². The SMILES string of the molecule is CCCCOc1ccc2cc(C#Cc3ccc(CCCC)cc3)ccc2c1. The summed E-state index contributed by atoms with van der Waals surface area (Å²) in [6, 6.07) is 21.3. The molecular formula is C26H28O. The number of aryl methyl sites for hydroxylation is 1. The van der Waals surface area contributed by atoms with Gasteiger partial charge in [-0.2, -0.15) is 0 Å². The number of unbranched alkanes of at least 4 members (excludes halogenated alkanes) is 2. The first-order chi connectivity index (χ1) is 13.3. The number of rotatable bonds is 7. The molecule has 1 nitrogen and oxygen atoms in total. The molecule has 0 saturated carbocycles. The molecule has 0 amide bonds. The van der Waals surface area contributed by atoms with Gasteiger partial charge in [-0.05, 0) is 72.0 Å². The Labute approximate surface area is 163 Å². The predicted molar refractivity (Wildman–Crippen MR) is 115 cm³/mol. The van der Waals surface area contributed by atoms with Crippen LogP contribution in [0, 0.1) is 11.8 Å². The molecule has 0 aromatic heterocycles. The Hall–Kier alpha value is -2.72. The van der Waals surface area contributed by atoms with Gasteiger partial charge in [0.1, 0.15) is 5.75 Å². The van der Waals surface area contributed by atoms with Crippen molar-refractivity contribution in [2.75, 3.05) is 6.61 Å². The van der Waals surface area contributed by atoms with E-state index in [1.807, 2.05) is 6.07 Å². The van der Waals surface area contributed by atoms with Crippen LogP contribution < -0.4 is 4.74 Å². The van der Waals surface area contributed by atoms with E-state index >= 15 is 0 Å². The molecule has 0 fully saturated rings. The zero-order chi connectivity index (χ0) is 18.9. The molecule has 27 heavy (non-hydrogen) atoms. The summed E-state index contributed by atoms with van der Waals surface area (Å²) in [5, 5.41) is 2.38. The minimum atomic E-state index is 0.781. The average molecular weight is 357 g/mol. The second-order valence-corrected chi connectivity index (χ2v) is 6.98. The molecule has 0 aliphatic rings. The van der Waals surface area contributed by atoms with Crippen molar-refractivity contribution < 1.29 is 4.74 Å². The summed E-state index contributed by atoms with van der Waals surface area (Å²) < 4.78 is 5.80. The Morgan fingerprint density at radius 3 is 2.15 bits per heavy atom. The summed E-state index contributed by atoms with van der Waals surface area (Å²) >= 11 is 0. The van der Waals surface area contributed by atoms with Crippen LogP contribution in [-0.4, -0.2) is 6.61 Å². The maximum Gasteiger partial charge on any atom is 0.119 e. The van der Waals surface area contributed by atoms with Gasteiger partial charge in [0.2, 0.25) is 0 Å². The lowest BCUT2D eigenvalue weighted by Crippen LogP contribution is -1.96. The fraction of sp³-hybridized carbons (Fsp3) is 0.308. The molecule has 3 aromatic rings. The van der Waals surface area contributed by atoms with E-state index in [0.717, 1.165) is 42.7 Å². The maximum absolute atomic E-state index is 5.80. The first-order valence-electron chi connectivity index (χ1n) is 10.1. The van der Waals surface area contributed by atoms with E-state index in [0.29, 0.717) is 0 Å². The second-order valence-electron chi connectivity index (χ2n) is 6.98. The van der Waals surface area contributed by atoms with Gasteiger partial charge < -0.3 is 4.74 Å². The van der Waals surface area contributed by atoms with Crippen LogP contribution in [0.5, 0.6) is 5.75 Å². The normalized spacial score (nSPS) is 10.4. The Balaban J connectivity index is 1.70. The highest BCUT2D eigenvalue weighted by Gasteiger charge is 1.99. The van der Waals surface area contributed by atoms with Gasteiger partial charge in [0.25, 0.3) is 0 Å². The third-order valence-electron chi connectivity index (χ3n) is 4.70. The third-order valence-corrected chi connectivity index (χ3v) is 4.70. The van der Waals surface area contributed by atoms with Crippen LogP contribution in [0.2, 0.25) is 0 Å². The molecule has 1 heteroatoms. The Morgan fingerprint density at radius 2 is 1.37 bits per heavy atom. The van der Waals surface area contributed by atoms with Crippen LogP contribution in [0.25, 0.3) is 10.8 Å². The molecule has 3 rings (SSSR count). The molecule has 3 aromatic carbocycles. The largest absolute Gasteiger partial charge is 0.494 e. The number of hydrogen-bond donors (Lipinski definition) is 0. The molecule has 0 atom stereocenters. The zero-order valence-corrected chi connectivity index (χ0v) is 16.4. The molecule has 0 spiro atoms. The summed E-state index contributed by atoms with van der Waals surface area (Å²) in [5.41, 5.74) is 3.50. The van der Waals surface area contributed by atoms with Gasteiger partial charge in [-0.3, -0.25) is 0 Å². The molecule has 0 aliphatic heterocycles. The van der Waals surface area contributed by atoms with Crippen molar-refractivity contribution in [3.8, 4) is 17.6 Å². The second kappa shape index (κ2) is 9.83. The Kier molecular flexibility index (Phi) is 6.94. The van der Waals surface area contributed by atoms with Gasteiger partial charge in [-0.25, -0.2) is 0 Å². The minimum absolute atomic E-state index is 0.781. The van der Waals surface area contributed by atoms with E-state index in [2.05, 4.69) is 80.3 Å². The van der Waals surface area contributed by atoms with Gasteiger partial charge in [0.05, 0.1) is 6.61 Å². The fourth-order valence-electron chi connectivity index (χ4n) is 3.01. The van der Waals surface area contributed by atoms with E-state index < -0.39 is 0 Å². The smallest absolute Gasteiger partial charge is 0.119 e. The highest BCUT2D eigenvalue weighted by Crippen LogP contribution is 2.22. The van der Waals surface area contributed by atoms with Gasteiger partial charge in [0, 0.05) is 11.1 Å². The van der Waals surface area contributed by atoms with E-state index in [1.54, 1.807) is 0 Å². The van der Waals surface area contributed by atoms with Crippen LogP contribution in [0.1, 0.15) is 56.2 Å². The van der Waals surface area contributed by atoms with Crippen LogP contribution in [-0.2, 0) is 6.42 Å². The van der Waals surface area contributed by atoms with Gasteiger partial charge in [0.15, 0.2) is 0 Å². The number of ether oxygens (including phenoxy) is 1. The Morgan fingerprint density at radius 1 is 0.704 bits per heavy atom. The summed E-state index contributed by atoms with van der Waals surface area (Å²) in [5.74, 6) is 7.51. The predicted octanol–water partition coefficient (Wildman–Crippen LogP) is 6.76. The van der Waals surface area contributed by atoms with E-state index in [4.69, 9.17) is 4.74 Å². The number of hydrogen-bond acceptors (Lipinski definition) is 1. The minimum Gasteiger partial charge on any atom is -0.494 e. The molecule has 0 aliphatic carbocycles. The van der Waals surface area contributed by atoms with Gasteiger partial charge in [-0.1, -0.05) is 62.8 Å². The summed E-state index contributed by atoms with van der Waals surface area (Å²) in [6.07, 6.45) is 5.87. The van der Waals surface area contributed by atoms with Gasteiger partial charge in [-0.15, -0.1) is 0 Å². The molecule has 138 valence electrons. The summed E-state index contributed by atoms with van der Waals surface area (Å²) in [7, 11) is 0. The van der Waals surface area contributed by atoms with Crippen molar-refractivity contribution in [1.82, 2.24) is 0 Å². The molecule has 0 heterocycles. The molecule has 0 saturated heterocycles. The van der Waals surface area contributed by atoms with E-state index in [-0.39, 0.29) is 0 Å². The Bertz CT molecular complexity index is 926. The highest BCUT2D eigenvalue weighted by molar-refractivity contribution is 5.85. The fourth-order valence-corrected chi connectivity index (χ4v) is 3.01. The standard InChI is InChI=1S/C26H28O/c1-3-5-7-21-8-10-22(11-9-21)12-13-23-14-15-25-20-26(27-18-6-4-2)17-16-24(25)19-23/h8-11,14-17,19-20H,3-7,18H2,1-2H3. The van der Waals surface area contributed by atoms with Crippen molar-refractivity contribution in [3.63, 3.8) is 0 Å². The number of fused-ring (bicyclic) bond motifs is 1. The lowest BCUT2D eigenvalue weighted by atomic mass is 10.1. The molecule has 0 radical (unpaired) electrons. The average Bonchev–Trinajstić information content (AvgIpc) is 2.71. The molecule has 0 N–H and O–H groups in total. The van der Waals surface area contributed by atoms with E-state index in [1.165, 1.54) is 29.2 Å². The summed E-state index contributed by atoms with van der Waals surface area (Å²) in [4.78, 5) is 0. The van der Waals surface area contributed by atoms with Crippen LogP contribution >= 0.6 is 0 Å². The first kappa shape index (κ1) is 19.1. The van der Waals surface area contributed by atoms with E-state index in [9.17, 15) is 0 Å². The lowest BCUT2D eigenvalue weighted by molar-refractivity contribution is 0.310. The van der Waals surface area contributed by atoms with Crippen LogP contribution in [0.4, 0.5) is 0 Å². The zero-order valence-electron chi connectivity index (χ0n) is 16.4. The van der Waals surface area contributed by atoms with Crippen molar-refractivity contribution in [3.05, 3.63) is 77.4 Å². The maximum atomic E-state index is 5.80. The van der Waals surface area contributed by atoms with Crippen LogP contribution in [0.15, 0.2) is 60.7 Å². The molecular weight excluding hydrogens is 328 g/mol. The summed E-state index contributed by atoms with van der Waals surface area (Å²) in [6.45, 7) is 5.18. The van der Waals surface area contributed by atoms with Crippen molar-refractivity contribution in [2.24, 2.45) is 0 Å². The van der Waals surface area contributed by atoms with Gasteiger partial charge >= 0.3 is 0 Å². The topological polar surface area (TPSA) is 9.23 Å². The molecule has 0 unspecified atom stereocenters. The first-order valence-corrected chi connectivity index (χ1v) is 10.1. The van der Waals surface area contributed by atoms with Crippen molar-refractivity contribution >= 4 is 10.8 Å². The highest BCUT2D eigenvalue weighted by atomic mass is 16.5. The number of benzene rings is 3. The lowest BCUT2D eigenvalue weighted by Gasteiger charge is -2.06. The monoisotopic (exact) mass is 356 g/mol. The quantitative estimate of drug-likeness (QED) is 0.335. The molecule has 0 bridgehead atoms. The third kappa shape index (κ3) is 5.63.